The zero-order chi connectivity index (χ0) is 22.4. The molecule has 1 amide bonds. The van der Waals surface area contributed by atoms with Gasteiger partial charge in [0.25, 0.3) is 5.91 Å². The molecule has 4 heterocycles. The molecule has 1 aromatic carbocycles. The van der Waals surface area contributed by atoms with E-state index in [1.807, 2.05) is 38.1 Å². The lowest BCUT2D eigenvalue weighted by Crippen LogP contribution is -2.51. The number of nitrogen functional groups attached to an aromatic ring is 1. The van der Waals surface area contributed by atoms with Crippen LogP contribution in [0.1, 0.15) is 46.6 Å². The van der Waals surface area contributed by atoms with Gasteiger partial charge in [0.1, 0.15) is 15.5 Å². The Kier molecular flexibility index (Phi) is 5.51. The lowest BCUT2D eigenvalue weighted by Gasteiger charge is -2.35. The molecule has 6 nitrogen and oxygen atoms in total. The van der Waals surface area contributed by atoms with Gasteiger partial charge in [0.05, 0.1) is 11.4 Å². The minimum absolute atomic E-state index is 0.0299. The van der Waals surface area contributed by atoms with Crippen molar-refractivity contribution >= 4 is 38.8 Å². The van der Waals surface area contributed by atoms with E-state index in [0.717, 1.165) is 47.4 Å². The number of anilines is 2. The van der Waals surface area contributed by atoms with Crippen LogP contribution in [-0.4, -0.2) is 42.6 Å². The summed E-state index contributed by atoms with van der Waals surface area (Å²) < 4.78 is 15.0. The van der Waals surface area contributed by atoms with E-state index in [4.69, 9.17) is 5.73 Å². The minimum atomic E-state index is -0.219. The number of hydrogen-bond donors (Lipinski definition) is 3. The summed E-state index contributed by atoms with van der Waals surface area (Å²) in [6.45, 7) is 5.99. The fourth-order valence-electron chi connectivity index (χ4n) is 4.78. The number of carbonyl (C=O) groups is 1. The van der Waals surface area contributed by atoms with Crippen molar-refractivity contribution in [3.8, 4) is 0 Å². The molecule has 0 aliphatic carbocycles. The molecule has 3 atom stereocenters. The highest BCUT2D eigenvalue weighted by atomic mass is 32.1. The summed E-state index contributed by atoms with van der Waals surface area (Å²) in [5.41, 5.74) is 9.08. The largest absolute Gasteiger partial charge is 0.397 e. The van der Waals surface area contributed by atoms with Gasteiger partial charge < -0.3 is 21.3 Å². The van der Waals surface area contributed by atoms with Crippen molar-refractivity contribution in [3.05, 3.63) is 52.3 Å². The van der Waals surface area contributed by atoms with Crippen molar-refractivity contribution < 1.29 is 9.18 Å². The van der Waals surface area contributed by atoms with Crippen molar-refractivity contribution in [1.82, 2.24) is 15.6 Å². The fourth-order valence-corrected chi connectivity index (χ4v) is 5.84. The number of rotatable bonds is 5. The van der Waals surface area contributed by atoms with Gasteiger partial charge in [-0.3, -0.25) is 4.79 Å². The van der Waals surface area contributed by atoms with Crippen molar-refractivity contribution in [2.45, 2.75) is 44.7 Å². The topological polar surface area (TPSA) is 83.3 Å². The normalized spacial score (nSPS) is 21.2. The molecule has 4 N–H and O–H groups in total. The Hall–Kier alpha value is -2.71. The number of fused-ring (bicyclic) bond motifs is 3. The van der Waals surface area contributed by atoms with E-state index in [9.17, 15) is 9.18 Å². The molecule has 2 aliphatic rings. The number of carbonyl (C=O) groups excluding carboxylic acids is 1. The lowest BCUT2D eigenvalue weighted by atomic mass is 10.00. The van der Waals surface area contributed by atoms with E-state index < -0.39 is 0 Å². The van der Waals surface area contributed by atoms with Gasteiger partial charge in [0.2, 0.25) is 0 Å². The molecule has 2 aromatic heterocycles. The first-order chi connectivity index (χ1) is 15.4. The number of thiophene rings is 1. The molecule has 5 rings (SSSR count). The second-order valence-corrected chi connectivity index (χ2v) is 10.0. The number of aryl methyl sites for hydroxylation is 1. The third kappa shape index (κ3) is 3.93. The molecule has 32 heavy (non-hydrogen) atoms. The molecule has 2 bridgehead atoms. The van der Waals surface area contributed by atoms with Crippen molar-refractivity contribution in [1.29, 1.82) is 0 Å². The maximum Gasteiger partial charge on any atom is 0.263 e. The van der Waals surface area contributed by atoms with Gasteiger partial charge in [-0.1, -0.05) is 13.0 Å². The maximum atomic E-state index is 15.0. The number of piperazine rings is 1. The Bertz CT molecular complexity index is 1170. The van der Waals surface area contributed by atoms with Gasteiger partial charge in [-0.2, -0.15) is 0 Å². The first-order valence-corrected chi connectivity index (χ1v) is 11.9. The van der Waals surface area contributed by atoms with Crippen molar-refractivity contribution in [2.24, 2.45) is 0 Å². The molecule has 168 valence electrons. The van der Waals surface area contributed by atoms with Crippen LogP contribution in [0.5, 0.6) is 0 Å². The number of amides is 1. The number of nitrogens with one attached hydrogen (secondary N) is 2. The van der Waals surface area contributed by atoms with Crippen molar-refractivity contribution in [2.75, 3.05) is 30.3 Å². The van der Waals surface area contributed by atoms with E-state index in [1.54, 1.807) is 6.07 Å². The smallest absolute Gasteiger partial charge is 0.263 e. The Morgan fingerprint density at radius 2 is 2.06 bits per heavy atom. The number of hydrogen-bond acceptors (Lipinski definition) is 6. The van der Waals surface area contributed by atoms with E-state index in [2.05, 4.69) is 20.5 Å². The number of halogens is 1. The maximum absolute atomic E-state index is 15.0. The predicted molar refractivity (Wildman–Crippen MR) is 128 cm³/mol. The van der Waals surface area contributed by atoms with Gasteiger partial charge in [0, 0.05) is 42.8 Å². The third-order valence-electron chi connectivity index (χ3n) is 6.61. The average Bonchev–Trinajstić information content (AvgIpc) is 3.29. The van der Waals surface area contributed by atoms with Crippen LogP contribution in [0.3, 0.4) is 0 Å². The quantitative estimate of drug-likeness (QED) is 0.547. The Morgan fingerprint density at radius 3 is 2.78 bits per heavy atom. The van der Waals surface area contributed by atoms with E-state index in [0.29, 0.717) is 34.9 Å². The van der Waals surface area contributed by atoms with Crippen LogP contribution in [0.15, 0.2) is 30.3 Å². The van der Waals surface area contributed by atoms with Gasteiger partial charge >= 0.3 is 0 Å². The van der Waals surface area contributed by atoms with Crippen LogP contribution < -0.4 is 21.3 Å². The summed E-state index contributed by atoms with van der Waals surface area (Å²) in [6, 6.07) is 10.2. The molecule has 0 saturated carbocycles. The third-order valence-corrected chi connectivity index (χ3v) is 7.72. The summed E-state index contributed by atoms with van der Waals surface area (Å²) in [5.74, 6) is -0.446. The Morgan fingerprint density at radius 1 is 1.31 bits per heavy atom. The van der Waals surface area contributed by atoms with Crippen LogP contribution in [0.4, 0.5) is 15.8 Å². The molecule has 2 saturated heterocycles. The summed E-state index contributed by atoms with van der Waals surface area (Å²) in [6.07, 6.45) is 2.33. The SMILES string of the molecule is Cc1ccc2c(N)c(C(=O)NC[C@@H](C)c3ccc(N4CC5CCC(C4)N5)c(F)c3)sc2n1. The first kappa shape index (κ1) is 21.2. The number of nitrogens with two attached hydrogens (primary N) is 1. The summed E-state index contributed by atoms with van der Waals surface area (Å²) in [7, 11) is 0. The van der Waals surface area contributed by atoms with Crippen LogP contribution in [0.25, 0.3) is 10.2 Å². The molecule has 2 fully saturated rings. The molecule has 0 spiro atoms. The predicted octanol–water partition coefficient (Wildman–Crippen LogP) is 3.80. The van der Waals surface area contributed by atoms with Crippen LogP contribution in [0, 0.1) is 12.7 Å². The number of aromatic nitrogens is 1. The molecule has 2 aliphatic heterocycles. The molecule has 8 heteroatoms. The summed E-state index contributed by atoms with van der Waals surface area (Å²) in [4.78, 5) is 20.6. The first-order valence-electron chi connectivity index (χ1n) is 11.1. The van der Waals surface area contributed by atoms with Crippen LogP contribution >= 0.6 is 11.3 Å². The highest BCUT2D eigenvalue weighted by molar-refractivity contribution is 7.21. The fraction of sp³-hybridized carbons (Fsp3) is 0.417. The van der Waals surface area contributed by atoms with Crippen LogP contribution in [-0.2, 0) is 0 Å². The van der Waals surface area contributed by atoms with Gasteiger partial charge in [0.15, 0.2) is 0 Å². The molecule has 2 unspecified atom stereocenters. The van der Waals surface area contributed by atoms with Crippen molar-refractivity contribution in [3.63, 3.8) is 0 Å². The Labute approximate surface area is 191 Å². The summed E-state index contributed by atoms with van der Waals surface area (Å²) >= 11 is 1.30. The number of benzene rings is 1. The summed E-state index contributed by atoms with van der Waals surface area (Å²) in [5, 5.41) is 7.34. The van der Waals surface area contributed by atoms with Crippen LogP contribution in [0.2, 0.25) is 0 Å². The highest BCUT2D eigenvalue weighted by Crippen LogP contribution is 2.33. The van der Waals surface area contributed by atoms with E-state index >= 15 is 0 Å². The lowest BCUT2D eigenvalue weighted by molar-refractivity contribution is 0.0956. The minimum Gasteiger partial charge on any atom is -0.397 e. The molecule has 3 aromatic rings. The average molecular weight is 454 g/mol. The monoisotopic (exact) mass is 453 g/mol. The van der Waals surface area contributed by atoms with E-state index in [-0.39, 0.29) is 17.6 Å². The van der Waals surface area contributed by atoms with E-state index in [1.165, 1.54) is 11.3 Å². The molecular formula is C24H28FN5OS. The molecule has 0 radical (unpaired) electrons. The van der Waals surface area contributed by atoms with Gasteiger partial charge in [-0.05, 0) is 55.5 Å². The van der Waals surface area contributed by atoms with Gasteiger partial charge in [-0.25, -0.2) is 9.37 Å². The zero-order valence-corrected chi connectivity index (χ0v) is 19.1. The number of nitrogens with zero attached hydrogens (tertiary/aromatic N) is 2. The molecular weight excluding hydrogens is 425 g/mol. The standard InChI is InChI=1S/C24H28FN5OS/c1-13(10-27-23(31)22-21(26)18-7-3-14(2)28-24(18)32-22)15-4-8-20(19(25)9-15)30-11-16-5-6-17(12-30)29-16/h3-4,7-9,13,16-17,29H,5-6,10-12,26H2,1-2H3,(H,27,31)/t13-,16?,17?/m1/s1. The second-order valence-electron chi connectivity index (χ2n) is 9.01. The second kappa shape index (κ2) is 8.33. The zero-order valence-electron chi connectivity index (χ0n) is 18.3. The van der Waals surface area contributed by atoms with Gasteiger partial charge in [-0.15, -0.1) is 11.3 Å². The number of pyridine rings is 1. The highest BCUT2D eigenvalue weighted by Gasteiger charge is 2.33. The Balaban J connectivity index is 1.25.